The van der Waals surface area contributed by atoms with Crippen molar-refractivity contribution >= 4 is 17.4 Å². The highest BCUT2D eigenvalue weighted by Crippen LogP contribution is 2.20. The number of hydrogen-bond acceptors (Lipinski definition) is 4. The van der Waals surface area contributed by atoms with Gasteiger partial charge in [0.25, 0.3) is 5.91 Å². The molecular weight excluding hydrogens is 280 g/mol. The molecule has 1 amide bonds. The number of nitrogens with one attached hydrogen (secondary N) is 1. The maximum Gasteiger partial charge on any atom is 0.268 e. The van der Waals surface area contributed by atoms with Gasteiger partial charge in [0.1, 0.15) is 11.4 Å². The summed E-state index contributed by atoms with van der Waals surface area (Å²) in [6.45, 7) is 1.41. The van der Waals surface area contributed by atoms with Crippen molar-refractivity contribution in [2.24, 2.45) is 24.3 Å². The van der Waals surface area contributed by atoms with Crippen LogP contribution in [0.4, 0.5) is 11.5 Å². The SMILES string of the molecule is CN(C)CCNC(=O)c1cc(N=Nc2cccn2C)cn1C. The summed E-state index contributed by atoms with van der Waals surface area (Å²) in [5.41, 5.74) is 1.22. The summed E-state index contributed by atoms with van der Waals surface area (Å²) in [5.74, 6) is 0.658. The average Bonchev–Trinajstić information content (AvgIpc) is 3.02. The summed E-state index contributed by atoms with van der Waals surface area (Å²) in [6.07, 6.45) is 3.69. The lowest BCUT2D eigenvalue weighted by Gasteiger charge is -2.10. The number of nitrogens with zero attached hydrogens (tertiary/aromatic N) is 5. The summed E-state index contributed by atoms with van der Waals surface area (Å²) in [7, 11) is 7.67. The van der Waals surface area contributed by atoms with E-state index < -0.39 is 0 Å². The van der Waals surface area contributed by atoms with Crippen LogP contribution in [-0.4, -0.2) is 47.1 Å². The van der Waals surface area contributed by atoms with Crippen LogP contribution in [0.15, 0.2) is 40.8 Å². The largest absolute Gasteiger partial charge is 0.349 e. The van der Waals surface area contributed by atoms with Gasteiger partial charge in [0.15, 0.2) is 5.82 Å². The molecule has 0 spiro atoms. The van der Waals surface area contributed by atoms with Crippen molar-refractivity contribution in [3.05, 3.63) is 36.3 Å². The Balaban J connectivity index is 2.03. The fourth-order valence-corrected chi connectivity index (χ4v) is 1.98. The molecule has 22 heavy (non-hydrogen) atoms. The lowest BCUT2D eigenvalue weighted by Crippen LogP contribution is -2.32. The number of hydrogen-bond donors (Lipinski definition) is 1. The molecule has 0 bridgehead atoms. The molecule has 0 aliphatic rings. The van der Waals surface area contributed by atoms with Crippen molar-refractivity contribution in [3.63, 3.8) is 0 Å². The van der Waals surface area contributed by atoms with Crippen molar-refractivity contribution in [3.8, 4) is 0 Å². The first-order chi connectivity index (χ1) is 10.5. The summed E-state index contributed by atoms with van der Waals surface area (Å²) in [6, 6.07) is 5.52. The summed E-state index contributed by atoms with van der Waals surface area (Å²) < 4.78 is 3.63. The van der Waals surface area contributed by atoms with Crippen molar-refractivity contribution in [2.45, 2.75) is 0 Å². The Morgan fingerprint density at radius 1 is 1.27 bits per heavy atom. The van der Waals surface area contributed by atoms with Gasteiger partial charge >= 0.3 is 0 Å². The predicted molar refractivity (Wildman–Crippen MR) is 85.9 cm³/mol. The summed E-state index contributed by atoms with van der Waals surface area (Å²) in [4.78, 5) is 14.1. The van der Waals surface area contributed by atoms with Gasteiger partial charge in [0.05, 0.1) is 0 Å². The molecule has 0 saturated carbocycles. The maximum absolute atomic E-state index is 12.1. The van der Waals surface area contributed by atoms with E-state index in [1.807, 2.05) is 56.0 Å². The van der Waals surface area contributed by atoms with E-state index in [1.165, 1.54) is 0 Å². The molecule has 0 saturated heterocycles. The standard InChI is InChI=1S/C15H22N6O/c1-19(2)9-7-16-15(22)13-10-12(11-21(13)4)17-18-14-6-5-8-20(14)3/h5-6,8,10-11H,7,9H2,1-4H3,(H,16,22). The zero-order chi connectivity index (χ0) is 16.1. The number of amides is 1. The minimum Gasteiger partial charge on any atom is -0.349 e. The molecule has 7 nitrogen and oxygen atoms in total. The normalized spacial score (nSPS) is 11.5. The second kappa shape index (κ2) is 7.04. The zero-order valence-corrected chi connectivity index (χ0v) is 13.4. The molecule has 0 aliphatic carbocycles. The minimum absolute atomic E-state index is 0.107. The molecule has 0 fully saturated rings. The monoisotopic (exact) mass is 302 g/mol. The second-order valence-electron chi connectivity index (χ2n) is 5.43. The van der Waals surface area contributed by atoms with Gasteiger partial charge in [-0.25, -0.2) is 0 Å². The predicted octanol–water partition coefficient (Wildman–Crippen LogP) is 2.07. The maximum atomic E-state index is 12.1. The van der Waals surface area contributed by atoms with E-state index >= 15 is 0 Å². The molecule has 0 aromatic carbocycles. The van der Waals surface area contributed by atoms with Crippen molar-refractivity contribution in [1.82, 2.24) is 19.4 Å². The van der Waals surface area contributed by atoms with Crippen LogP contribution in [0.5, 0.6) is 0 Å². The summed E-state index contributed by atoms with van der Waals surface area (Å²) >= 11 is 0. The van der Waals surface area contributed by atoms with Gasteiger partial charge in [-0.1, -0.05) is 0 Å². The van der Waals surface area contributed by atoms with E-state index in [0.29, 0.717) is 17.9 Å². The quantitative estimate of drug-likeness (QED) is 0.830. The Morgan fingerprint density at radius 3 is 2.68 bits per heavy atom. The highest BCUT2D eigenvalue weighted by molar-refractivity contribution is 5.93. The highest BCUT2D eigenvalue weighted by Gasteiger charge is 2.11. The van der Waals surface area contributed by atoms with Crippen LogP contribution in [0.25, 0.3) is 0 Å². The Morgan fingerprint density at radius 2 is 2.05 bits per heavy atom. The van der Waals surface area contributed by atoms with E-state index in [-0.39, 0.29) is 5.91 Å². The highest BCUT2D eigenvalue weighted by atomic mass is 16.1. The number of aryl methyl sites for hydroxylation is 2. The van der Waals surface area contributed by atoms with E-state index in [1.54, 1.807) is 16.8 Å². The fraction of sp³-hybridized carbons (Fsp3) is 0.400. The first-order valence-electron chi connectivity index (χ1n) is 7.09. The fourth-order valence-electron chi connectivity index (χ4n) is 1.98. The molecule has 2 aromatic rings. The lowest BCUT2D eigenvalue weighted by molar-refractivity contribution is 0.0943. The lowest BCUT2D eigenvalue weighted by atomic mass is 10.4. The van der Waals surface area contributed by atoms with Gasteiger partial charge in [-0.15, -0.1) is 10.2 Å². The van der Waals surface area contributed by atoms with Crippen LogP contribution in [0.1, 0.15) is 10.5 Å². The van der Waals surface area contributed by atoms with Gasteiger partial charge in [-0.3, -0.25) is 4.79 Å². The van der Waals surface area contributed by atoms with Crippen LogP contribution in [0, 0.1) is 0 Å². The van der Waals surface area contributed by atoms with Crippen LogP contribution in [0.3, 0.4) is 0 Å². The Hall–Kier alpha value is -2.41. The molecule has 0 atom stereocenters. The van der Waals surface area contributed by atoms with E-state index in [2.05, 4.69) is 15.5 Å². The van der Waals surface area contributed by atoms with Crippen LogP contribution >= 0.6 is 0 Å². The Bertz CT molecular complexity index is 667. The van der Waals surface area contributed by atoms with Crippen LogP contribution in [-0.2, 0) is 14.1 Å². The molecule has 0 radical (unpaired) electrons. The van der Waals surface area contributed by atoms with Crippen molar-refractivity contribution in [1.29, 1.82) is 0 Å². The smallest absolute Gasteiger partial charge is 0.268 e. The third kappa shape index (κ3) is 4.05. The van der Waals surface area contributed by atoms with Gasteiger partial charge in [0.2, 0.25) is 0 Å². The average molecular weight is 302 g/mol. The van der Waals surface area contributed by atoms with Gasteiger partial charge < -0.3 is 19.4 Å². The van der Waals surface area contributed by atoms with Gasteiger partial charge in [-0.05, 0) is 32.3 Å². The molecular formula is C15H22N6O. The van der Waals surface area contributed by atoms with Crippen molar-refractivity contribution < 1.29 is 4.79 Å². The number of carbonyl (C=O) groups excluding carboxylic acids is 1. The van der Waals surface area contributed by atoms with Gasteiger partial charge in [0, 0.05) is 39.6 Å². The molecule has 2 aromatic heterocycles. The van der Waals surface area contributed by atoms with Crippen LogP contribution < -0.4 is 5.32 Å². The first kappa shape index (κ1) is 16.0. The minimum atomic E-state index is -0.107. The molecule has 118 valence electrons. The van der Waals surface area contributed by atoms with Crippen LogP contribution in [0.2, 0.25) is 0 Å². The Kier molecular flexibility index (Phi) is 5.11. The number of aromatic nitrogens is 2. The van der Waals surface area contributed by atoms with Crippen molar-refractivity contribution in [2.75, 3.05) is 27.2 Å². The molecule has 0 aliphatic heterocycles. The third-order valence-corrected chi connectivity index (χ3v) is 3.25. The van der Waals surface area contributed by atoms with E-state index in [0.717, 1.165) is 12.4 Å². The first-order valence-corrected chi connectivity index (χ1v) is 7.09. The van der Waals surface area contributed by atoms with E-state index in [9.17, 15) is 4.79 Å². The zero-order valence-electron chi connectivity index (χ0n) is 13.4. The molecule has 1 N–H and O–H groups in total. The summed E-state index contributed by atoms with van der Waals surface area (Å²) in [5, 5.41) is 11.2. The van der Waals surface area contributed by atoms with E-state index in [4.69, 9.17) is 0 Å². The number of azo groups is 1. The second-order valence-corrected chi connectivity index (χ2v) is 5.43. The third-order valence-electron chi connectivity index (χ3n) is 3.25. The van der Waals surface area contributed by atoms with Gasteiger partial charge in [-0.2, -0.15) is 0 Å². The molecule has 2 rings (SSSR count). The number of likely N-dealkylation sites (N-methyl/N-ethyl adjacent to an activating group) is 1. The number of carbonyl (C=O) groups is 1. The molecule has 2 heterocycles. The Labute approximate surface area is 130 Å². The molecule has 7 heteroatoms. The number of rotatable bonds is 6. The topological polar surface area (TPSA) is 66.9 Å². The molecule has 0 unspecified atom stereocenters.